The number of hydrogen-bond acceptors (Lipinski definition) is 4. The summed E-state index contributed by atoms with van der Waals surface area (Å²) in [7, 11) is 0. The number of rotatable bonds is 4. The predicted molar refractivity (Wildman–Crippen MR) is 114 cm³/mol. The van der Waals surface area contributed by atoms with Crippen molar-refractivity contribution in [3.05, 3.63) is 71.9 Å². The Morgan fingerprint density at radius 2 is 2.00 bits per heavy atom. The molecule has 0 radical (unpaired) electrons. The second-order valence-corrected chi connectivity index (χ2v) is 8.64. The first-order chi connectivity index (χ1) is 14.7. The van der Waals surface area contributed by atoms with E-state index in [4.69, 9.17) is 4.52 Å². The van der Waals surface area contributed by atoms with Crippen LogP contribution in [-0.4, -0.2) is 15.1 Å². The van der Waals surface area contributed by atoms with E-state index in [2.05, 4.69) is 27.3 Å². The topological polar surface area (TPSA) is 51.8 Å². The molecule has 2 fully saturated rings. The first-order valence-corrected chi connectivity index (χ1v) is 10.9. The van der Waals surface area contributed by atoms with E-state index in [1.165, 1.54) is 37.8 Å². The molecule has 2 aliphatic carbocycles. The molecule has 0 N–H and O–H groups in total. The van der Waals surface area contributed by atoms with Crippen molar-refractivity contribution in [2.75, 3.05) is 0 Å². The fourth-order valence-electron chi connectivity index (χ4n) is 5.39. The fraction of sp³-hybridized carbons (Fsp3) is 0.400. The van der Waals surface area contributed by atoms with E-state index in [-0.39, 0.29) is 5.82 Å². The molecule has 5 heteroatoms. The van der Waals surface area contributed by atoms with Crippen LogP contribution in [0, 0.1) is 30.5 Å². The van der Waals surface area contributed by atoms with Gasteiger partial charge in [0.25, 0.3) is 0 Å². The summed E-state index contributed by atoms with van der Waals surface area (Å²) in [6, 6.07) is 10.6. The summed E-state index contributed by atoms with van der Waals surface area (Å²) in [6.45, 7) is 1.85. The minimum Gasteiger partial charge on any atom is -0.340 e. The van der Waals surface area contributed by atoms with E-state index in [9.17, 15) is 4.39 Å². The Kier molecular flexibility index (Phi) is 5.19. The predicted octanol–water partition coefficient (Wildman–Crippen LogP) is 6.20. The molecule has 3 aromatic rings. The first kappa shape index (κ1) is 19.2. The van der Waals surface area contributed by atoms with Gasteiger partial charge in [0.05, 0.1) is 5.69 Å². The van der Waals surface area contributed by atoms with Crippen LogP contribution in [0.2, 0.25) is 0 Å². The zero-order valence-electron chi connectivity index (χ0n) is 17.2. The van der Waals surface area contributed by atoms with Gasteiger partial charge in [-0.1, -0.05) is 48.7 Å². The average Bonchev–Trinajstić information content (AvgIpc) is 3.36. The number of nitrogens with zero attached hydrogens (tertiary/aromatic N) is 3. The number of allylic oxidation sites excluding steroid dienone is 1. The molecule has 30 heavy (non-hydrogen) atoms. The van der Waals surface area contributed by atoms with Crippen LogP contribution in [0.5, 0.6) is 0 Å². The molecule has 0 aliphatic heterocycles. The Hall–Kier alpha value is -2.82. The van der Waals surface area contributed by atoms with Crippen molar-refractivity contribution < 1.29 is 8.91 Å². The van der Waals surface area contributed by atoms with Crippen molar-refractivity contribution in [3.8, 4) is 11.1 Å². The van der Waals surface area contributed by atoms with Crippen LogP contribution < -0.4 is 0 Å². The number of halogens is 1. The third-order valence-electron chi connectivity index (χ3n) is 6.79. The average molecular weight is 404 g/mol. The molecule has 2 saturated carbocycles. The van der Waals surface area contributed by atoms with Gasteiger partial charge in [-0.05, 0) is 60.4 Å². The van der Waals surface area contributed by atoms with Crippen molar-refractivity contribution in [2.45, 2.75) is 44.9 Å². The molecule has 2 heterocycles. The maximum Gasteiger partial charge on any atom is 0.223 e. The summed E-state index contributed by atoms with van der Waals surface area (Å²) in [5.74, 6) is 3.42. The minimum atomic E-state index is -0.234. The smallest absolute Gasteiger partial charge is 0.223 e. The lowest BCUT2D eigenvalue weighted by Crippen LogP contribution is -2.19. The van der Waals surface area contributed by atoms with Gasteiger partial charge in [0.2, 0.25) is 5.89 Å². The molecule has 0 saturated heterocycles. The van der Waals surface area contributed by atoms with Crippen LogP contribution in [0.15, 0.2) is 53.2 Å². The van der Waals surface area contributed by atoms with Crippen LogP contribution in [0.1, 0.15) is 55.4 Å². The van der Waals surface area contributed by atoms with Gasteiger partial charge >= 0.3 is 0 Å². The second-order valence-electron chi connectivity index (χ2n) is 8.64. The lowest BCUT2D eigenvalue weighted by Gasteiger charge is -2.28. The van der Waals surface area contributed by atoms with E-state index in [0.717, 1.165) is 35.0 Å². The van der Waals surface area contributed by atoms with Crippen LogP contribution >= 0.6 is 0 Å². The van der Waals surface area contributed by atoms with E-state index >= 15 is 0 Å². The Labute approximate surface area is 176 Å². The van der Waals surface area contributed by atoms with Gasteiger partial charge in [-0.25, -0.2) is 4.39 Å². The zero-order chi connectivity index (χ0) is 20.5. The van der Waals surface area contributed by atoms with Crippen molar-refractivity contribution in [1.29, 1.82) is 0 Å². The van der Waals surface area contributed by atoms with Crippen molar-refractivity contribution >= 4 is 6.08 Å². The monoisotopic (exact) mass is 403 g/mol. The lowest BCUT2D eigenvalue weighted by atomic mass is 9.77. The fourth-order valence-corrected chi connectivity index (χ4v) is 5.39. The summed E-state index contributed by atoms with van der Waals surface area (Å²) < 4.78 is 18.8. The molecule has 2 aromatic heterocycles. The molecule has 0 bridgehead atoms. The van der Waals surface area contributed by atoms with E-state index in [0.29, 0.717) is 23.6 Å². The van der Waals surface area contributed by atoms with Gasteiger partial charge in [-0.2, -0.15) is 4.98 Å². The number of aryl methyl sites for hydroxylation is 1. The molecule has 0 unspecified atom stereocenters. The molecule has 154 valence electrons. The number of benzene rings is 1. The van der Waals surface area contributed by atoms with Crippen LogP contribution in [0.3, 0.4) is 0 Å². The Bertz CT molecular complexity index is 1040. The third-order valence-corrected chi connectivity index (χ3v) is 6.79. The maximum absolute atomic E-state index is 13.5. The Balaban J connectivity index is 1.38. The molecule has 0 amide bonds. The Morgan fingerprint density at radius 1 is 1.10 bits per heavy atom. The molecule has 1 aromatic carbocycles. The third kappa shape index (κ3) is 3.81. The summed E-state index contributed by atoms with van der Waals surface area (Å²) in [4.78, 5) is 9.14. The number of aromatic nitrogens is 3. The normalized spacial score (nSPS) is 26.2. The quantitative estimate of drug-likeness (QED) is 0.520. The number of fused-ring (bicyclic) bond motifs is 1. The molecule has 5 rings (SSSR count). The summed E-state index contributed by atoms with van der Waals surface area (Å²) in [6.07, 6.45) is 12.6. The Morgan fingerprint density at radius 3 is 2.77 bits per heavy atom. The highest BCUT2D eigenvalue weighted by molar-refractivity contribution is 5.63. The van der Waals surface area contributed by atoms with Crippen LogP contribution in [0.4, 0.5) is 4.39 Å². The standard InChI is InChI=1S/C25H26FN3O/c1-16-28-25(29-30-16)24-14-18-5-2-3-8-22(18)23(24)12-11-21-10-9-19(15-27-21)17-6-4-7-20(26)13-17/h4,6-7,9-13,15,18,22-24H,2-3,5,8,14H2,1H3/t18-,22-,23+,24+/m1/s1. The molecule has 2 aliphatic rings. The summed E-state index contributed by atoms with van der Waals surface area (Å²) >= 11 is 0. The maximum atomic E-state index is 13.5. The van der Waals surface area contributed by atoms with Gasteiger partial charge in [-0.3, -0.25) is 4.98 Å². The second kappa shape index (κ2) is 8.13. The van der Waals surface area contributed by atoms with E-state index < -0.39 is 0 Å². The lowest BCUT2D eigenvalue weighted by molar-refractivity contribution is 0.249. The van der Waals surface area contributed by atoms with Crippen LogP contribution in [-0.2, 0) is 0 Å². The van der Waals surface area contributed by atoms with Gasteiger partial charge in [-0.15, -0.1) is 0 Å². The van der Waals surface area contributed by atoms with Crippen molar-refractivity contribution in [3.63, 3.8) is 0 Å². The molecule has 4 atom stereocenters. The molecule has 4 nitrogen and oxygen atoms in total. The summed E-state index contributed by atoms with van der Waals surface area (Å²) in [5, 5.41) is 4.25. The van der Waals surface area contributed by atoms with E-state index in [1.54, 1.807) is 6.07 Å². The van der Waals surface area contributed by atoms with Crippen LogP contribution in [0.25, 0.3) is 17.2 Å². The molecule has 0 spiro atoms. The van der Waals surface area contributed by atoms with Gasteiger partial charge in [0, 0.05) is 24.6 Å². The highest BCUT2D eigenvalue weighted by atomic mass is 19.1. The van der Waals surface area contributed by atoms with E-state index in [1.807, 2.05) is 31.3 Å². The minimum absolute atomic E-state index is 0.234. The van der Waals surface area contributed by atoms with Crippen molar-refractivity contribution in [2.24, 2.45) is 17.8 Å². The largest absolute Gasteiger partial charge is 0.340 e. The number of hydrogen-bond donors (Lipinski definition) is 0. The van der Waals surface area contributed by atoms with Crippen molar-refractivity contribution in [1.82, 2.24) is 15.1 Å². The summed E-state index contributed by atoms with van der Waals surface area (Å²) in [5.41, 5.74) is 2.67. The van der Waals surface area contributed by atoms with Gasteiger partial charge in [0.1, 0.15) is 5.82 Å². The highest BCUT2D eigenvalue weighted by Gasteiger charge is 2.44. The van der Waals surface area contributed by atoms with Gasteiger partial charge < -0.3 is 4.52 Å². The number of pyridine rings is 1. The highest BCUT2D eigenvalue weighted by Crippen LogP contribution is 2.53. The molecular formula is C25H26FN3O. The zero-order valence-corrected chi connectivity index (χ0v) is 17.2. The SMILES string of the molecule is Cc1nc([C@H]2C[C@H]3CCCC[C@H]3[C@@H]2C=Cc2ccc(-c3cccc(F)c3)cn2)no1. The first-order valence-electron chi connectivity index (χ1n) is 10.9. The van der Waals surface area contributed by atoms with Gasteiger partial charge in [0.15, 0.2) is 5.82 Å². The molecular weight excluding hydrogens is 377 g/mol.